The number of nitrogens with one attached hydrogen (secondary N) is 1. The van der Waals surface area contributed by atoms with Crippen LogP contribution in [-0.2, 0) is 17.7 Å². The van der Waals surface area contributed by atoms with Crippen molar-refractivity contribution in [1.82, 2.24) is 20.1 Å². The molecule has 0 aliphatic carbocycles. The van der Waals surface area contributed by atoms with Gasteiger partial charge in [0, 0.05) is 32.2 Å². The molecule has 1 unspecified atom stereocenters. The van der Waals surface area contributed by atoms with Gasteiger partial charge in [-0.25, -0.2) is 4.98 Å². The van der Waals surface area contributed by atoms with Gasteiger partial charge in [-0.3, -0.25) is 4.68 Å². The monoisotopic (exact) mass is 238 g/mol. The molecule has 1 atom stereocenters. The van der Waals surface area contributed by atoms with Gasteiger partial charge in [-0.2, -0.15) is 5.10 Å². The van der Waals surface area contributed by atoms with E-state index in [9.17, 15) is 0 Å². The van der Waals surface area contributed by atoms with E-state index >= 15 is 0 Å². The first-order valence-corrected chi connectivity index (χ1v) is 6.46. The first-order valence-electron chi connectivity index (χ1n) is 6.46. The summed E-state index contributed by atoms with van der Waals surface area (Å²) in [6.45, 7) is 4.77. The number of aromatic nitrogens is 3. The SMILES string of the molecule is CCn1ncnc1CC(NC)C1CCOCC1. The molecule has 0 aromatic carbocycles. The Hall–Kier alpha value is -0.940. The van der Waals surface area contributed by atoms with Crippen LogP contribution in [-0.4, -0.2) is 41.1 Å². The quantitative estimate of drug-likeness (QED) is 0.826. The number of likely N-dealkylation sites (N-methyl/N-ethyl adjacent to an activating group) is 1. The zero-order valence-corrected chi connectivity index (χ0v) is 10.7. The second kappa shape index (κ2) is 6.12. The fourth-order valence-electron chi connectivity index (χ4n) is 2.53. The Balaban J connectivity index is 1.98. The van der Waals surface area contributed by atoms with Crippen LogP contribution in [0.5, 0.6) is 0 Å². The van der Waals surface area contributed by atoms with Crippen LogP contribution in [0, 0.1) is 5.92 Å². The van der Waals surface area contributed by atoms with Gasteiger partial charge in [0.05, 0.1) is 0 Å². The van der Waals surface area contributed by atoms with Crippen LogP contribution in [0.3, 0.4) is 0 Å². The predicted molar refractivity (Wildman–Crippen MR) is 65.8 cm³/mol. The number of hydrogen-bond acceptors (Lipinski definition) is 4. The summed E-state index contributed by atoms with van der Waals surface area (Å²) in [7, 11) is 2.03. The van der Waals surface area contributed by atoms with Crippen molar-refractivity contribution in [3.8, 4) is 0 Å². The zero-order valence-electron chi connectivity index (χ0n) is 10.7. The Morgan fingerprint density at radius 2 is 2.29 bits per heavy atom. The third-order valence-corrected chi connectivity index (χ3v) is 3.60. The fourth-order valence-corrected chi connectivity index (χ4v) is 2.53. The van der Waals surface area contributed by atoms with E-state index in [0.29, 0.717) is 12.0 Å². The van der Waals surface area contributed by atoms with E-state index in [0.717, 1.165) is 44.8 Å². The first-order chi connectivity index (χ1) is 8.35. The van der Waals surface area contributed by atoms with Crippen LogP contribution in [0.15, 0.2) is 6.33 Å². The minimum absolute atomic E-state index is 0.480. The minimum atomic E-state index is 0.480. The lowest BCUT2D eigenvalue weighted by molar-refractivity contribution is 0.0544. The van der Waals surface area contributed by atoms with Crippen molar-refractivity contribution in [2.75, 3.05) is 20.3 Å². The van der Waals surface area contributed by atoms with Crippen LogP contribution in [0.1, 0.15) is 25.6 Å². The van der Waals surface area contributed by atoms with Crippen LogP contribution in [0.4, 0.5) is 0 Å². The lowest BCUT2D eigenvalue weighted by Crippen LogP contribution is -2.39. The predicted octanol–water partition coefficient (Wildman–Crippen LogP) is 0.855. The Labute approximate surface area is 103 Å². The molecule has 1 aromatic heterocycles. The van der Waals surface area contributed by atoms with E-state index in [1.54, 1.807) is 6.33 Å². The standard InChI is InChI=1S/C12H22N4O/c1-3-16-12(14-9-15-16)8-11(13-2)10-4-6-17-7-5-10/h9-11,13H,3-8H2,1-2H3. The summed E-state index contributed by atoms with van der Waals surface area (Å²) in [5.74, 6) is 1.77. The summed E-state index contributed by atoms with van der Waals surface area (Å²) in [5.41, 5.74) is 0. The summed E-state index contributed by atoms with van der Waals surface area (Å²) in [6, 6.07) is 0.480. The van der Waals surface area contributed by atoms with Crippen LogP contribution < -0.4 is 5.32 Å². The Morgan fingerprint density at radius 1 is 1.53 bits per heavy atom. The molecule has 0 spiro atoms. The summed E-state index contributed by atoms with van der Waals surface area (Å²) in [4.78, 5) is 4.35. The van der Waals surface area contributed by atoms with E-state index in [1.807, 2.05) is 11.7 Å². The molecule has 1 fully saturated rings. The molecular formula is C12H22N4O. The lowest BCUT2D eigenvalue weighted by atomic mass is 9.89. The van der Waals surface area contributed by atoms with Crippen molar-refractivity contribution in [2.45, 2.75) is 38.8 Å². The van der Waals surface area contributed by atoms with Gasteiger partial charge >= 0.3 is 0 Å². The number of rotatable bonds is 5. The molecule has 0 radical (unpaired) electrons. The Morgan fingerprint density at radius 3 is 2.94 bits per heavy atom. The molecule has 5 heteroatoms. The molecule has 2 rings (SSSR count). The van der Waals surface area contributed by atoms with Gasteiger partial charge in [-0.1, -0.05) is 0 Å². The second-order valence-corrected chi connectivity index (χ2v) is 4.54. The molecule has 96 valence electrons. The molecule has 1 aliphatic heterocycles. The zero-order chi connectivity index (χ0) is 12.1. The number of hydrogen-bond donors (Lipinski definition) is 1. The summed E-state index contributed by atoms with van der Waals surface area (Å²) < 4.78 is 7.39. The highest BCUT2D eigenvalue weighted by Crippen LogP contribution is 2.20. The van der Waals surface area contributed by atoms with Gasteiger partial charge in [-0.05, 0) is 32.7 Å². The van der Waals surface area contributed by atoms with Crippen molar-refractivity contribution >= 4 is 0 Å². The highest BCUT2D eigenvalue weighted by atomic mass is 16.5. The van der Waals surface area contributed by atoms with E-state index in [4.69, 9.17) is 4.74 Å². The van der Waals surface area contributed by atoms with Gasteiger partial charge in [0.1, 0.15) is 12.2 Å². The van der Waals surface area contributed by atoms with Crippen molar-refractivity contribution in [3.63, 3.8) is 0 Å². The van der Waals surface area contributed by atoms with E-state index in [-0.39, 0.29) is 0 Å². The first kappa shape index (κ1) is 12.5. The highest BCUT2D eigenvalue weighted by molar-refractivity contribution is 4.92. The van der Waals surface area contributed by atoms with Gasteiger partial charge in [0.25, 0.3) is 0 Å². The summed E-state index contributed by atoms with van der Waals surface area (Å²) in [5, 5.41) is 7.64. The number of ether oxygens (including phenoxy) is 1. The molecule has 17 heavy (non-hydrogen) atoms. The lowest BCUT2D eigenvalue weighted by Gasteiger charge is -2.29. The maximum absolute atomic E-state index is 5.41. The molecule has 2 heterocycles. The molecule has 5 nitrogen and oxygen atoms in total. The number of aryl methyl sites for hydroxylation is 1. The average molecular weight is 238 g/mol. The smallest absolute Gasteiger partial charge is 0.138 e. The molecule has 0 amide bonds. The maximum Gasteiger partial charge on any atom is 0.138 e. The maximum atomic E-state index is 5.41. The second-order valence-electron chi connectivity index (χ2n) is 4.54. The minimum Gasteiger partial charge on any atom is -0.381 e. The Bertz CT molecular complexity index is 333. The molecule has 0 saturated carbocycles. The van der Waals surface area contributed by atoms with Crippen molar-refractivity contribution in [2.24, 2.45) is 5.92 Å². The molecule has 1 aliphatic rings. The van der Waals surface area contributed by atoms with Crippen LogP contribution >= 0.6 is 0 Å². The van der Waals surface area contributed by atoms with Crippen molar-refractivity contribution in [1.29, 1.82) is 0 Å². The third-order valence-electron chi connectivity index (χ3n) is 3.60. The fraction of sp³-hybridized carbons (Fsp3) is 0.833. The van der Waals surface area contributed by atoms with E-state index in [2.05, 4.69) is 22.3 Å². The van der Waals surface area contributed by atoms with E-state index in [1.165, 1.54) is 0 Å². The normalized spacial score (nSPS) is 19.4. The van der Waals surface area contributed by atoms with Crippen molar-refractivity contribution in [3.05, 3.63) is 12.2 Å². The van der Waals surface area contributed by atoms with Crippen LogP contribution in [0.25, 0.3) is 0 Å². The summed E-state index contributed by atoms with van der Waals surface area (Å²) in [6.07, 6.45) is 4.89. The van der Waals surface area contributed by atoms with Gasteiger partial charge in [-0.15, -0.1) is 0 Å². The van der Waals surface area contributed by atoms with Crippen molar-refractivity contribution < 1.29 is 4.74 Å². The van der Waals surface area contributed by atoms with Gasteiger partial charge in [0.2, 0.25) is 0 Å². The molecule has 0 bridgehead atoms. The number of nitrogens with zero attached hydrogens (tertiary/aromatic N) is 3. The molecule has 1 saturated heterocycles. The topological polar surface area (TPSA) is 52.0 Å². The van der Waals surface area contributed by atoms with E-state index < -0.39 is 0 Å². The largest absolute Gasteiger partial charge is 0.381 e. The van der Waals surface area contributed by atoms with Crippen LogP contribution in [0.2, 0.25) is 0 Å². The molecular weight excluding hydrogens is 216 g/mol. The molecule has 1 aromatic rings. The molecule has 1 N–H and O–H groups in total. The highest BCUT2D eigenvalue weighted by Gasteiger charge is 2.24. The van der Waals surface area contributed by atoms with Gasteiger partial charge < -0.3 is 10.1 Å². The van der Waals surface area contributed by atoms with Gasteiger partial charge in [0.15, 0.2) is 0 Å². The summed E-state index contributed by atoms with van der Waals surface area (Å²) >= 11 is 0. The average Bonchev–Trinajstić information content (AvgIpc) is 2.84. The third kappa shape index (κ3) is 3.04. The Kier molecular flexibility index (Phi) is 4.50.